The van der Waals surface area contributed by atoms with Crippen molar-refractivity contribution < 1.29 is 0 Å². The molecule has 68 heavy (non-hydrogen) atoms. The predicted octanol–water partition coefficient (Wildman–Crippen LogP) is 19.0. The molecule has 0 aromatic heterocycles. The minimum atomic E-state index is 0.0487. The zero-order chi connectivity index (χ0) is 46.6. The Bertz CT molecular complexity index is 3500. The molecule has 0 saturated carbocycles. The van der Waals surface area contributed by atoms with Crippen molar-refractivity contribution in [1.29, 1.82) is 0 Å². The van der Waals surface area contributed by atoms with Gasteiger partial charge in [-0.1, -0.05) is 181 Å². The third kappa shape index (κ3) is 8.05. The summed E-state index contributed by atoms with van der Waals surface area (Å²) in [6, 6.07) is 77.2. The normalized spacial score (nSPS) is 12.7. The first-order valence-electron chi connectivity index (χ1n) is 24.2. The molecule has 0 radical (unpaired) electrons. The van der Waals surface area contributed by atoms with Crippen molar-refractivity contribution in [3.05, 3.63) is 235 Å². The van der Waals surface area contributed by atoms with E-state index in [1.165, 1.54) is 76.8 Å². The quantitative estimate of drug-likeness (QED) is 0.140. The Morgan fingerprint density at radius 2 is 0.794 bits per heavy atom. The molecule has 2 nitrogen and oxygen atoms in total. The Kier molecular flexibility index (Phi) is 10.9. The Morgan fingerprint density at radius 1 is 0.353 bits per heavy atom. The summed E-state index contributed by atoms with van der Waals surface area (Å²) in [5.41, 5.74) is 17.1. The maximum atomic E-state index is 2.47. The van der Waals surface area contributed by atoms with Crippen LogP contribution < -0.4 is 9.80 Å². The van der Waals surface area contributed by atoms with Crippen LogP contribution >= 0.6 is 0 Å². The second-order valence-corrected chi connectivity index (χ2v) is 20.6. The first-order chi connectivity index (χ1) is 33.0. The molecule has 1 aliphatic rings. The molecule has 0 spiro atoms. The molecule has 0 aliphatic heterocycles. The van der Waals surface area contributed by atoms with Gasteiger partial charge in [-0.15, -0.1) is 0 Å². The molecule has 0 fully saturated rings. The van der Waals surface area contributed by atoms with Crippen molar-refractivity contribution in [2.24, 2.45) is 0 Å². The van der Waals surface area contributed by atoms with Crippen LogP contribution in [0.25, 0.3) is 60.6 Å². The lowest BCUT2D eigenvalue weighted by Crippen LogP contribution is -2.13. The largest absolute Gasteiger partial charge is 0.310 e. The lowest BCUT2D eigenvalue weighted by atomic mass is 9.83. The molecule has 2 heteroatoms. The van der Waals surface area contributed by atoms with Crippen LogP contribution in [0.3, 0.4) is 0 Å². The zero-order valence-corrected chi connectivity index (χ0v) is 40.1. The highest BCUT2D eigenvalue weighted by Crippen LogP contribution is 2.49. The fourth-order valence-electron chi connectivity index (χ4n) is 10.3. The maximum Gasteiger partial charge on any atom is 0.0468 e. The lowest BCUT2D eigenvalue weighted by molar-refractivity contribution is 0.590. The van der Waals surface area contributed by atoms with Crippen LogP contribution in [0.1, 0.15) is 70.2 Å². The zero-order valence-electron chi connectivity index (χ0n) is 40.1. The summed E-state index contributed by atoms with van der Waals surface area (Å²) in [4.78, 5) is 4.83. The molecule has 0 bridgehead atoms. The molecule has 10 aromatic carbocycles. The summed E-state index contributed by atoms with van der Waals surface area (Å²) in [6.07, 6.45) is 6.69. The molecular weight excluding hydrogens is 821 g/mol. The average molecular weight is 879 g/mol. The van der Waals surface area contributed by atoms with Gasteiger partial charge in [0.15, 0.2) is 0 Å². The van der Waals surface area contributed by atoms with Gasteiger partial charge >= 0.3 is 0 Å². The Labute approximate surface area is 402 Å². The number of benzene rings is 10. The highest BCUT2D eigenvalue weighted by Gasteiger charge is 2.24. The van der Waals surface area contributed by atoms with Crippen LogP contribution in [-0.4, -0.2) is 0 Å². The lowest BCUT2D eigenvalue weighted by Gasteiger charge is -2.29. The molecule has 0 atom stereocenters. The van der Waals surface area contributed by atoms with Crippen molar-refractivity contribution in [1.82, 2.24) is 0 Å². The van der Waals surface area contributed by atoms with E-state index in [0.717, 1.165) is 47.0 Å². The van der Waals surface area contributed by atoms with E-state index in [4.69, 9.17) is 0 Å². The minimum Gasteiger partial charge on any atom is -0.310 e. The number of hydrogen-bond donors (Lipinski definition) is 0. The van der Waals surface area contributed by atoms with Gasteiger partial charge in [0.2, 0.25) is 0 Å². The molecule has 0 heterocycles. The van der Waals surface area contributed by atoms with Gasteiger partial charge in [-0.05, 0) is 179 Å². The molecule has 332 valence electrons. The predicted molar refractivity (Wildman–Crippen MR) is 294 cm³/mol. The van der Waals surface area contributed by atoms with E-state index >= 15 is 0 Å². The van der Waals surface area contributed by atoms with Gasteiger partial charge in [0.05, 0.1) is 0 Å². The molecule has 1 aliphatic carbocycles. The molecule has 0 amide bonds. The number of aryl methyl sites for hydroxylation is 1. The van der Waals surface area contributed by atoms with Gasteiger partial charge in [-0.3, -0.25) is 0 Å². The third-order valence-corrected chi connectivity index (χ3v) is 14.0. The fraction of sp³-hybridized carbons (Fsp3) is 0.152. The SMILES string of the molecule is CC(C)(C)c1ccc(N(c2ccccc2)c2ccc3c(-c4ccc5ccccc5c4)c4cc(N(c5ccccc5)c5ccc(C(C)(C)C)cc5)ccc4c(-c4ccc5c(c4)CCC=C5)c3c2)cc1. The number of hydrogen-bond acceptors (Lipinski definition) is 2. The highest BCUT2D eigenvalue weighted by atomic mass is 15.1. The fourth-order valence-corrected chi connectivity index (χ4v) is 10.3. The van der Waals surface area contributed by atoms with E-state index in [1.54, 1.807) is 0 Å². The van der Waals surface area contributed by atoms with Crippen molar-refractivity contribution in [2.45, 2.75) is 65.2 Å². The van der Waals surface area contributed by atoms with Crippen LogP contribution in [0, 0.1) is 0 Å². The monoisotopic (exact) mass is 878 g/mol. The van der Waals surface area contributed by atoms with Crippen molar-refractivity contribution in [2.75, 3.05) is 9.80 Å². The first-order valence-corrected chi connectivity index (χ1v) is 24.2. The Balaban J connectivity index is 1.22. The van der Waals surface area contributed by atoms with Crippen LogP contribution in [0.15, 0.2) is 212 Å². The number of allylic oxidation sites excluding steroid dienone is 1. The summed E-state index contributed by atoms with van der Waals surface area (Å²) in [5, 5.41) is 7.35. The van der Waals surface area contributed by atoms with Crippen LogP contribution in [0.4, 0.5) is 34.1 Å². The smallest absolute Gasteiger partial charge is 0.0468 e. The Morgan fingerprint density at radius 3 is 1.31 bits per heavy atom. The Hall–Kier alpha value is -7.68. The molecule has 0 unspecified atom stereocenters. The van der Waals surface area contributed by atoms with E-state index in [1.807, 2.05) is 0 Å². The van der Waals surface area contributed by atoms with Gasteiger partial charge in [0, 0.05) is 34.1 Å². The molecule has 10 aromatic rings. The van der Waals surface area contributed by atoms with Crippen LogP contribution in [0.2, 0.25) is 0 Å². The van der Waals surface area contributed by atoms with Crippen molar-refractivity contribution in [3.8, 4) is 22.3 Å². The van der Waals surface area contributed by atoms with Gasteiger partial charge in [-0.25, -0.2) is 0 Å². The van der Waals surface area contributed by atoms with Gasteiger partial charge < -0.3 is 9.80 Å². The van der Waals surface area contributed by atoms with E-state index in [0.29, 0.717) is 0 Å². The molecule has 11 rings (SSSR count). The number of fused-ring (bicyclic) bond motifs is 4. The van der Waals surface area contributed by atoms with Gasteiger partial charge in [0.25, 0.3) is 0 Å². The van der Waals surface area contributed by atoms with E-state index < -0.39 is 0 Å². The van der Waals surface area contributed by atoms with E-state index in [2.05, 4.69) is 270 Å². The molecular formula is C66H58N2. The second-order valence-electron chi connectivity index (χ2n) is 20.6. The second kappa shape index (κ2) is 17.2. The van der Waals surface area contributed by atoms with Crippen LogP contribution in [0.5, 0.6) is 0 Å². The number of rotatable bonds is 8. The average Bonchev–Trinajstić information content (AvgIpc) is 3.36. The first kappa shape index (κ1) is 42.9. The van der Waals surface area contributed by atoms with E-state index in [9.17, 15) is 0 Å². The summed E-state index contributed by atoms with van der Waals surface area (Å²) >= 11 is 0. The number of anilines is 6. The highest BCUT2D eigenvalue weighted by molar-refractivity contribution is 6.23. The summed E-state index contributed by atoms with van der Waals surface area (Å²) in [6.45, 7) is 13.7. The van der Waals surface area contributed by atoms with Gasteiger partial charge in [-0.2, -0.15) is 0 Å². The standard InChI is InChI=1S/C66H58N2/c1-65(2,3)51-29-33-55(34-30-51)67(53-21-9-7-10-22-53)57-37-39-59-61(43-57)63(49-27-25-45-17-13-15-19-47(45)41-49)60-40-38-58(44-62(60)64(59)50-28-26-46-18-14-16-20-48(46)42-50)68(54-23-11-8-12-24-54)56-35-31-52(32-36-56)66(4,5)6/h7-15,17-19,21-44H,16,20H2,1-6H3. The van der Waals surface area contributed by atoms with Crippen molar-refractivity contribution >= 4 is 72.5 Å². The summed E-state index contributed by atoms with van der Waals surface area (Å²) < 4.78 is 0. The topological polar surface area (TPSA) is 6.48 Å². The minimum absolute atomic E-state index is 0.0487. The molecule has 0 saturated heterocycles. The summed E-state index contributed by atoms with van der Waals surface area (Å²) in [7, 11) is 0. The molecule has 0 N–H and O–H groups in total. The third-order valence-electron chi connectivity index (χ3n) is 14.0. The summed E-state index contributed by atoms with van der Waals surface area (Å²) in [5.74, 6) is 0. The van der Waals surface area contributed by atoms with Gasteiger partial charge in [0.1, 0.15) is 0 Å². The maximum absolute atomic E-state index is 2.47. The van der Waals surface area contributed by atoms with Crippen LogP contribution in [-0.2, 0) is 17.3 Å². The van der Waals surface area contributed by atoms with Crippen molar-refractivity contribution in [3.63, 3.8) is 0 Å². The number of nitrogens with zero attached hydrogens (tertiary/aromatic N) is 2. The number of para-hydroxylation sites is 2. The van der Waals surface area contributed by atoms with E-state index in [-0.39, 0.29) is 10.8 Å².